The molecule has 2 aromatic rings. The summed E-state index contributed by atoms with van der Waals surface area (Å²) >= 11 is 0. The molecule has 1 atom stereocenters. The van der Waals surface area contributed by atoms with E-state index in [1.165, 1.54) is 5.56 Å². The number of carbonyl (C=O) groups excluding carboxylic acids is 1. The minimum atomic E-state index is 0.112. The standard InChI is InChI=1S/C21H27N3O/c1-16-8-9-18(14-17(16)2)21(25)24(15-19-6-3-4-12-23-19)20-7-5-11-22-13-10-20/h3-4,6,8-9,12,14,20,22H,5,7,10-11,13,15H2,1-2H3. The Kier molecular flexibility index (Phi) is 5.82. The predicted octanol–water partition coefficient (Wildman–Crippen LogP) is 3.48. The second kappa shape index (κ2) is 8.26. The lowest BCUT2D eigenvalue weighted by atomic mass is 10.0. The summed E-state index contributed by atoms with van der Waals surface area (Å²) in [6, 6.07) is 12.1. The van der Waals surface area contributed by atoms with Crippen molar-refractivity contribution in [1.82, 2.24) is 15.2 Å². The fourth-order valence-electron chi connectivity index (χ4n) is 3.39. The zero-order valence-electron chi connectivity index (χ0n) is 15.2. The molecule has 1 aromatic carbocycles. The molecule has 1 aromatic heterocycles. The third-order valence-corrected chi connectivity index (χ3v) is 5.06. The van der Waals surface area contributed by atoms with Crippen molar-refractivity contribution in [1.29, 1.82) is 0 Å². The van der Waals surface area contributed by atoms with Crippen molar-refractivity contribution in [3.8, 4) is 0 Å². The van der Waals surface area contributed by atoms with Crippen molar-refractivity contribution >= 4 is 5.91 Å². The lowest BCUT2D eigenvalue weighted by Gasteiger charge is -2.31. The molecule has 0 aliphatic carbocycles. The third kappa shape index (κ3) is 4.45. The second-order valence-electron chi connectivity index (χ2n) is 6.89. The number of hydrogen-bond acceptors (Lipinski definition) is 3. The lowest BCUT2D eigenvalue weighted by molar-refractivity contribution is 0.0642. The average molecular weight is 337 g/mol. The van der Waals surface area contributed by atoms with Crippen molar-refractivity contribution in [2.24, 2.45) is 0 Å². The monoisotopic (exact) mass is 337 g/mol. The van der Waals surface area contributed by atoms with E-state index in [0.29, 0.717) is 6.54 Å². The Morgan fingerprint density at radius 3 is 2.80 bits per heavy atom. The number of nitrogens with one attached hydrogen (secondary N) is 1. The fraction of sp³-hybridized carbons (Fsp3) is 0.429. The SMILES string of the molecule is Cc1ccc(C(=O)N(Cc2ccccn2)C2CCCNCC2)cc1C. The molecule has 0 radical (unpaired) electrons. The normalized spacial score (nSPS) is 17.8. The molecule has 25 heavy (non-hydrogen) atoms. The largest absolute Gasteiger partial charge is 0.330 e. The van der Waals surface area contributed by atoms with E-state index in [2.05, 4.69) is 24.1 Å². The van der Waals surface area contributed by atoms with E-state index >= 15 is 0 Å². The number of aryl methyl sites for hydroxylation is 2. The highest BCUT2D eigenvalue weighted by atomic mass is 16.2. The number of benzene rings is 1. The van der Waals surface area contributed by atoms with Crippen LogP contribution >= 0.6 is 0 Å². The van der Waals surface area contributed by atoms with Gasteiger partial charge in [0, 0.05) is 17.8 Å². The molecular formula is C21H27N3O. The van der Waals surface area contributed by atoms with E-state index in [1.54, 1.807) is 6.20 Å². The van der Waals surface area contributed by atoms with E-state index in [1.807, 2.05) is 41.3 Å². The number of carbonyl (C=O) groups is 1. The molecule has 1 aliphatic heterocycles. The molecule has 1 saturated heterocycles. The van der Waals surface area contributed by atoms with Crippen molar-refractivity contribution in [2.75, 3.05) is 13.1 Å². The summed E-state index contributed by atoms with van der Waals surface area (Å²) in [6.07, 6.45) is 4.92. The van der Waals surface area contributed by atoms with E-state index in [0.717, 1.165) is 49.2 Å². The van der Waals surface area contributed by atoms with Gasteiger partial charge in [0.2, 0.25) is 0 Å². The molecule has 1 fully saturated rings. The van der Waals surface area contributed by atoms with Gasteiger partial charge in [0.05, 0.1) is 12.2 Å². The molecule has 3 rings (SSSR count). The Balaban J connectivity index is 1.88. The minimum Gasteiger partial charge on any atom is -0.330 e. The van der Waals surface area contributed by atoms with Gasteiger partial charge in [0.25, 0.3) is 5.91 Å². The Morgan fingerprint density at radius 1 is 1.16 bits per heavy atom. The summed E-state index contributed by atoms with van der Waals surface area (Å²) in [6.45, 7) is 6.70. The van der Waals surface area contributed by atoms with Gasteiger partial charge in [-0.15, -0.1) is 0 Å². The first kappa shape index (κ1) is 17.6. The zero-order valence-corrected chi connectivity index (χ0v) is 15.2. The number of rotatable bonds is 4. The molecule has 4 heteroatoms. The molecule has 4 nitrogen and oxygen atoms in total. The van der Waals surface area contributed by atoms with Crippen LogP contribution in [0.1, 0.15) is 46.4 Å². The van der Waals surface area contributed by atoms with Gasteiger partial charge >= 0.3 is 0 Å². The van der Waals surface area contributed by atoms with Crippen LogP contribution in [0.25, 0.3) is 0 Å². The highest BCUT2D eigenvalue weighted by Crippen LogP contribution is 2.20. The number of aromatic nitrogens is 1. The smallest absolute Gasteiger partial charge is 0.254 e. The van der Waals surface area contributed by atoms with Gasteiger partial charge in [-0.3, -0.25) is 9.78 Å². The minimum absolute atomic E-state index is 0.112. The quantitative estimate of drug-likeness (QED) is 0.929. The number of amides is 1. The zero-order chi connectivity index (χ0) is 17.6. The van der Waals surface area contributed by atoms with Crippen LogP contribution < -0.4 is 5.32 Å². The summed E-state index contributed by atoms with van der Waals surface area (Å²) in [5.41, 5.74) is 4.09. The van der Waals surface area contributed by atoms with Crippen molar-refractivity contribution < 1.29 is 4.79 Å². The van der Waals surface area contributed by atoms with Gasteiger partial charge in [-0.25, -0.2) is 0 Å². The molecule has 1 aliphatic rings. The van der Waals surface area contributed by atoms with Crippen molar-refractivity contribution in [3.05, 3.63) is 65.0 Å². The highest BCUT2D eigenvalue weighted by molar-refractivity contribution is 5.94. The van der Waals surface area contributed by atoms with E-state index in [-0.39, 0.29) is 11.9 Å². The predicted molar refractivity (Wildman–Crippen MR) is 101 cm³/mol. The Labute approximate surface area is 150 Å². The van der Waals surface area contributed by atoms with Crippen LogP contribution in [0, 0.1) is 13.8 Å². The van der Waals surface area contributed by atoms with Gasteiger partial charge in [0.15, 0.2) is 0 Å². The Hall–Kier alpha value is -2.20. The first-order valence-corrected chi connectivity index (χ1v) is 9.14. The summed E-state index contributed by atoms with van der Waals surface area (Å²) in [7, 11) is 0. The van der Waals surface area contributed by atoms with Crippen LogP contribution in [0.15, 0.2) is 42.6 Å². The molecule has 0 bridgehead atoms. The maximum atomic E-state index is 13.3. The molecular weight excluding hydrogens is 310 g/mol. The van der Waals surface area contributed by atoms with Crippen LogP contribution in [0.5, 0.6) is 0 Å². The van der Waals surface area contributed by atoms with E-state index in [9.17, 15) is 4.79 Å². The van der Waals surface area contributed by atoms with Gasteiger partial charge in [0.1, 0.15) is 0 Å². The second-order valence-corrected chi connectivity index (χ2v) is 6.89. The number of nitrogens with zero attached hydrogens (tertiary/aromatic N) is 2. The highest BCUT2D eigenvalue weighted by Gasteiger charge is 2.26. The van der Waals surface area contributed by atoms with Crippen LogP contribution in [0.4, 0.5) is 0 Å². The summed E-state index contributed by atoms with van der Waals surface area (Å²) in [5.74, 6) is 0.112. The van der Waals surface area contributed by atoms with Crippen molar-refractivity contribution in [3.63, 3.8) is 0 Å². The Morgan fingerprint density at radius 2 is 2.04 bits per heavy atom. The molecule has 1 amide bonds. The maximum absolute atomic E-state index is 13.3. The maximum Gasteiger partial charge on any atom is 0.254 e. The van der Waals surface area contributed by atoms with Gasteiger partial charge in [-0.05, 0) is 81.6 Å². The van der Waals surface area contributed by atoms with Crippen LogP contribution in [-0.2, 0) is 6.54 Å². The van der Waals surface area contributed by atoms with Crippen LogP contribution in [0.2, 0.25) is 0 Å². The topological polar surface area (TPSA) is 45.2 Å². The molecule has 2 heterocycles. The first-order chi connectivity index (χ1) is 12.1. The van der Waals surface area contributed by atoms with E-state index < -0.39 is 0 Å². The lowest BCUT2D eigenvalue weighted by Crippen LogP contribution is -2.40. The molecule has 0 spiro atoms. The third-order valence-electron chi connectivity index (χ3n) is 5.06. The number of hydrogen-bond donors (Lipinski definition) is 1. The van der Waals surface area contributed by atoms with Crippen LogP contribution in [-0.4, -0.2) is 34.9 Å². The van der Waals surface area contributed by atoms with Crippen molar-refractivity contribution in [2.45, 2.75) is 45.7 Å². The first-order valence-electron chi connectivity index (χ1n) is 9.14. The summed E-state index contributed by atoms with van der Waals surface area (Å²) < 4.78 is 0. The van der Waals surface area contributed by atoms with Gasteiger partial charge < -0.3 is 10.2 Å². The molecule has 1 unspecified atom stereocenters. The molecule has 1 N–H and O–H groups in total. The average Bonchev–Trinajstić information content (AvgIpc) is 2.91. The molecule has 0 saturated carbocycles. The summed E-state index contributed by atoms with van der Waals surface area (Å²) in [4.78, 5) is 19.8. The van der Waals surface area contributed by atoms with E-state index in [4.69, 9.17) is 0 Å². The fourth-order valence-corrected chi connectivity index (χ4v) is 3.39. The van der Waals surface area contributed by atoms with Gasteiger partial charge in [-0.1, -0.05) is 12.1 Å². The van der Waals surface area contributed by atoms with Gasteiger partial charge in [-0.2, -0.15) is 0 Å². The number of pyridine rings is 1. The van der Waals surface area contributed by atoms with Crippen LogP contribution in [0.3, 0.4) is 0 Å². The summed E-state index contributed by atoms with van der Waals surface area (Å²) in [5, 5.41) is 3.44. The Bertz CT molecular complexity index is 706. The molecule has 132 valence electrons.